The molecule has 0 aliphatic heterocycles. The van der Waals surface area contributed by atoms with Crippen molar-refractivity contribution in [1.29, 1.82) is 0 Å². The van der Waals surface area contributed by atoms with Gasteiger partial charge in [-0.25, -0.2) is 0 Å². The van der Waals surface area contributed by atoms with E-state index in [1.807, 2.05) is 24.3 Å². The SMILES string of the molecule is CC(C)(C)c1ccc(C(=O)NCC(=O)NC2CCCCCCC2)cc1. The smallest absolute Gasteiger partial charge is 0.251 e. The molecule has 2 amide bonds. The van der Waals surface area contributed by atoms with Gasteiger partial charge in [-0.3, -0.25) is 9.59 Å². The van der Waals surface area contributed by atoms with Crippen LogP contribution >= 0.6 is 0 Å². The van der Waals surface area contributed by atoms with E-state index < -0.39 is 0 Å². The molecule has 0 unspecified atom stereocenters. The Balaban J connectivity index is 1.79. The second-order valence-electron chi connectivity index (χ2n) is 8.12. The molecule has 2 N–H and O–H groups in total. The van der Waals surface area contributed by atoms with Gasteiger partial charge in [-0.2, -0.15) is 0 Å². The number of nitrogens with one attached hydrogen (secondary N) is 2. The molecule has 0 saturated heterocycles. The number of carbonyl (C=O) groups excluding carboxylic acids is 2. The Morgan fingerprint density at radius 1 is 0.960 bits per heavy atom. The number of carbonyl (C=O) groups is 2. The van der Waals surface area contributed by atoms with Crippen LogP contribution in [0.5, 0.6) is 0 Å². The van der Waals surface area contributed by atoms with Crippen molar-refractivity contribution in [3.05, 3.63) is 35.4 Å². The van der Waals surface area contributed by atoms with E-state index in [0.717, 1.165) is 12.8 Å². The molecular weight excluding hydrogens is 312 g/mol. The summed E-state index contributed by atoms with van der Waals surface area (Å²) in [5.41, 5.74) is 1.84. The van der Waals surface area contributed by atoms with E-state index in [-0.39, 0.29) is 29.8 Å². The van der Waals surface area contributed by atoms with Crippen LogP contribution in [-0.2, 0) is 10.2 Å². The van der Waals surface area contributed by atoms with Gasteiger partial charge >= 0.3 is 0 Å². The zero-order valence-corrected chi connectivity index (χ0v) is 15.9. The molecule has 1 aliphatic carbocycles. The fourth-order valence-corrected chi connectivity index (χ4v) is 3.26. The summed E-state index contributed by atoms with van der Waals surface area (Å²) in [7, 11) is 0. The Hall–Kier alpha value is -1.84. The monoisotopic (exact) mass is 344 g/mol. The molecule has 138 valence electrons. The molecule has 1 saturated carbocycles. The fraction of sp³-hybridized carbons (Fsp3) is 0.619. The van der Waals surface area contributed by atoms with Crippen molar-refractivity contribution < 1.29 is 9.59 Å². The van der Waals surface area contributed by atoms with Gasteiger partial charge in [-0.05, 0) is 36.0 Å². The average molecular weight is 344 g/mol. The molecule has 25 heavy (non-hydrogen) atoms. The highest BCUT2D eigenvalue weighted by Gasteiger charge is 2.16. The summed E-state index contributed by atoms with van der Waals surface area (Å²) in [5.74, 6) is -0.293. The molecule has 0 spiro atoms. The summed E-state index contributed by atoms with van der Waals surface area (Å²) in [4.78, 5) is 24.3. The summed E-state index contributed by atoms with van der Waals surface area (Å²) < 4.78 is 0. The maximum atomic E-state index is 12.2. The largest absolute Gasteiger partial charge is 0.352 e. The van der Waals surface area contributed by atoms with Crippen molar-refractivity contribution in [1.82, 2.24) is 10.6 Å². The second-order valence-corrected chi connectivity index (χ2v) is 8.12. The molecule has 0 atom stereocenters. The van der Waals surface area contributed by atoms with Gasteiger partial charge in [0.1, 0.15) is 0 Å². The van der Waals surface area contributed by atoms with E-state index in [0.29, 0.717) is 5.56 Å². The third-order valence-corrected chi connectivity index (χ3v) is 4.89. The predicted molar refractivity (Wildman–Crippen MR) is 102 cm³/mol. The first-order chi connectivity index (χ1) is 11.9. The van der Waals surface area contributed by atoms with Crippen LogP contribution in [0.2, 0.25) is 0 Å². The predicted octanol–water partition coefficient (Wildman–Crippen LogP) is 3.94. The lowest BCUT2D eigenvalue weighted by molar-refractivity contribution is -0.120. The minimum Gasteiger partial charge on any atom is -0.352 e. The lowest BCUT2D eigenvalue weighted by Gasteiger charge is -2.21. The molecule has 0 aromatic heterocycles. The molecule has 0 heterocycles. The second kappa shape index (κ2) is 9.02. The van der Waals surface area contributed by atoms with Crippen molar-refractivity contribution in [2.75, 3.05) is 6.54 Å². The van der Waals surface area contributed by atoms with Gasteiger partial charge in [-0.1, -0.05) is 65.0 Å². The van der Waals surface area contributed by atoms with Crippen LogP contribution in [0.15, 0.2) is 24.3 Å². The Morgan fingerprint density at radius 2 is 1.52 bits per heavy atom. The minimum atomic E-state index is -0.201. The summed E-state index contributed by atoms with van der Waals surface area (Å²) in [6.07, 6.45) is 8.28. The summed E-state index contributed by atoms with van der Waals surface area (Å²) >= 11 is 0. The van der Waals surface area contributed by atoms with Gasteiger partial charge in [0.15, 0.2) is 0 Å². The molecule has 1 aliphatic rings. The van der Waals surface area contributed by atoms with E-state index in [9.17, 15) is 9.59 Å². The Bertz CT molecular complexity index is 565. The molecule has 1 aromatic carbocycles. The molecule has 0 bridgehead atoms. The number of amides is 2. The summed E-state index contributed by atoms with van der Waals surface area (Å²) in [6.45, 7) is 6.46. The Labute approximate surface area is 151 Å². The molecule has 1 aromatic rings. The average Bonchev–Trinajstić information content (AvgIpc) is 2.54. The molecule has 2 rings (SSSR count). The molecule has 0 radical (unpaired) electrons. The van der Waals surface area contributed by atoms with E-state index in [4.69, 9.17) is 0 Å². The molecule has 4 heteroatoms. The highest BCUT2D eigenvalue weighted by Crippen LogP contribution is 2.22. The van der Waals surface area contributed by atoms with Crippen LogP contribution in [-0.4, -0.2) is 24.4 Å². The number of hydrogen-bond acceptors (Lipinski definition) is 2. The molecule has 1 fully saturated rings. The first-order valence-corrected chi connectivity index (χ1v) is 9.54. The maximum Gasteiger partial charge on any atom is 0.251 e. The van der Waals surface area contributed by atoms with Gasteiger partial charge in [0.25, 0.3) is 5.91 Å². The van der Waals surface area contributed by atoms with Gasteiger partial charge < -0.3 is 10.6 Å². The summed E-state index contributed by atoms with van der Waals surface area (Å²) in [6, 6.07) is 7.86. The number of rotatable bonds is 4. The van der Waals surface area contributed by atoms with Gasteiger partial charge in [0.05, 0.1) is 6.54 Å². The third-order valence-electron chi connectivity index (χ3n) is 4.89. The van der Waals surface area contributed by atoms with E-state index in [1.54, 1.807) is 0 Å². The fourth-order valence-electron chi connectivity index (χ4n) is 3.26. The van der Waals surface area contributed by atoms with Crippen LogP contribution in [0.25, 0.3) is 0 Å². The minimum absolute atomic E-state index is 0.0381. The topological polar surface area (TPSA) is 58.2 Å². The highest BCUT2D eigenvalue weighted by molar-refractivity contribution is 5.96. The highest BCUT2D eigenvalue weighted by atomic mass is 16.2. The Kier molecular flexibility index (Phi) is 7.03. The van der Waals surface area contributed by atoms with Crippen LogP contribution in [0, 0.1) is 0 Å². The van der Waals surface area contributed by atoms with Gasteiger partial charge in [0, 0.05) is 11.6 Å². The van der Waals surface area contributed by atoms with Crippen LogP contribution in [0.3, 0.4) is 0 Å². The van der Waals surface area contributed by atoms with Crippen molar-refractivity contribution in [2.24, 2.45) is 0 Å². The van der Waals surface area contributed by atoms with Gasteiger partial charge in [-0.15, -0.1) is 0 Å². The lowest BCUT2D eigenvalue weighted by Crippen LogP contribution is -2.42. The van der Waals surface area contributed by atoms with Crippen molar-refractivity contribution in [3.8, 4) is 0 Å². The zero-order chi connectivity index (χ0) is 18.3. The Morgan fingerprint density at radius 3 is 2.08 bits per heavy atom. The zero-order valence-electron chi connectivity index (χ0n) is 15.9. The normalized spacial score (nSPS) is 16.6. The van der Waals surface area contributed by atoms with E-state index in [2.05, 4.69) is 31.4 Å². The van der Waals surface area contributed by atoms with Gasteiger partial charge in [0.2, 0.25) is 5.91 Å². The molecular formula is C21H32N2O2. The quantitative estimate of drug-likeness (QED) is 0.869. The van der Waals surface area contributed by atoms with Crippen molar-refractivity contribution in [2.45, 2.75) is 77.2 Å². The number of benzene rings is 1. The molecule has 4 nitrogen and oxygen atoms in total. The van der Waals surface area contributed by atoms with Crippen LogP contribution in [0.1, 0.15) is 81.6 Å². The number of hydrogen-bond donors (Lipinski definition) is 2. The van der Waals surface area contributed by atoms with E-state index >= 15 is 0 Å². The lowest BCUT2D eigenvalue weighted by atomic mass is 9.87. The standard InChI is InChI=1S/C21H32N2O2/c1-21(2,3)17-13-11-16(12-14-17)20(25)22-15-19(24)23-18-9-7-5-4-6-8-10-18/h11-14,18H,4-10,15H2,1-3H3,(H,22,25)(H,23,24). The van der Waals surface area contributed by atoms with Crippen LogP contribution < -0.4 is 10.6 Å². The maximum absolute atomic E-state index is 12.2. The summed E-state index contributed by atoms with van der Waals surface area (Å²) in [5, 5.41) is 5.79. The van der Waals surface area contributed by atoms with Crippen molar-refractivity contribution in [3.63, 3.8) is 0 Å². The van der Waals surface area contributed by atoms with Crippen LogP contribution in [0.4, 0.5) is 0 Å². The van der Waals surface area contributed by atoms with Crippen molar-refractivity contribution >= 4 is 11.8 Å². The first kappa shape index (κ1) is 19.5. The first-order valence-electron chi connectivity index (χ1n) is 9.54. The third kappa shape index (κ3) is 6.52. The van der Waals surface area contributed by atoms with E-state index in [1.165, 1.54) is 37.7 Å².